The summed E-state index contributed by atoms with van der Waals surface area (Å²) < 4.78 is 19.1. The number of aromatic nitrogens is 1. The van der Waals surface area contributed by atoms with Gasteiger partial charge in [-0.2, -0.15) is 0 Å². The van der Waals surface area contributed by atoms with Gasteiger partial charge < -0.3 is 20.4 Å². The summed E-state index contributed by atoms with van der Waals surface area (Å²) in [6.45, 7) is 5.83. The van der Waals surface area contributed by atoms with E-state index < -0.39 is 17.8 Å². The molecule has 1 unspecified atom stereocenters. The number of carbonyl (C=O) groups excluding carboxylic acids is 3. The molecule has 2 heterocycles. The fourth-order valence-electron chi connectivity index (χ4n) is 3.77. The summed E-state index contributed by atoms with van der Waals surface area (Å²) in [4.78, 5) is 44.9. The number of halogens is 1. The molecule has 0 spiro atoms. The van der Waals surface area contributed by atoms with Crippen LogP contribution in [0.1, 0.15) is 46.2 Å². The number of aromatic amines is 1. The second-order valence-electron chi connectivity index (χ2n) is 7.52. The van der Waals surface area contributed by atoms with E-state index in [4.69, 9.17) is 4.74 Å². The Hall–Kier alpha value is -3.50. The number of hydroxylamine groups is 1. The van der Waals surface area contributed by atoms with Crippen molar-refractivity contribution in [3.8, 4) is 0 Å². The highest BCUT2D eigenvalue weighted by molar-refractivity contribution is 6.34. The molecule has 3 rings (SSSR count). The SMILES string of the molecule is CCOC(CCNC(=O)c1c(C)[nH]c(/C=C2\C(=O)Nc3ccc(F)cc32)c1C)C(=O)NOC. The van der Waals surface area contributed by atoms with Crippen molar-refractivity contribution in [1.82, 2.24) is 15.8 Å². The number of nitrogens with one attached hydrogen (secondary N) is 4. The Bertz CT molecular complexity index is 1110. The smallest absolute Gasteiger partial charge is 0.272 e. The van der Waals surface area contributed by atoms with Crippen LogP contribution >= 0.6 is 0 Å². The Kier molecular flexibility index (Phi) is 7.62. The largest absolute Gasteiger partial charge is 0.369 e. The van der Waals surface area contributed by atoms with Gasteiger partial charge in [-0.05, 0) is 50.6 Å². The van der Waals surface area contributed by atoms with Crippen molar-refractivity contribution in [2.45, 2.75) is 33.3 Å². The van der Waals surface area contributed by atoms with Gasteiger partial charge in [0.1, 0.15) is 11.9 Å². The molecule has 1 atom stereocenters. The number of anilines is 1. The number of rotatable bonds is 9. The zero-order valence-corrected chi connectivity index (χ0v) is 18.9. The number of ether oxygens (including phenoxy) is 1. The molecule has 4 N–H and O–H groups in total. The van der Waals surface area contributed by atoms with Crippen LogP contribution in [0.15, 0.2) is 18.2 Å². The number of benzene rings is 1. The maximum Gasteiger partial charge on any atom is 0.272 e. The van der Waals surface area contributed by atoms with E-state index >= 15 is 0 Å². The molecule has 1 aromatic carbocycles. The van der Waals surface area contributed by atoms with Crippen LogP contribution in [0, 0.1) is 19.7 Å². The van der Waals surface area contributed by atoms with Crippen LogP contribution in [0.2, 0.25) is 0 Å². The second-order valence-corrected chi connectivity index (χ2v) is 7.52. The van der Waals surface area contributed by atoms with Gasteiger partial charge >= 0.3 is 0 Å². The summed E-state index contributed by atoms with van der Waals surface area (Å²) in [5.74, 6) is -1.54. The van der Waals surface area contributed by atoms with E-state index in [2.05, 4.69) is 25.9 Å². The van der Waals surface area contributed by atoms with Crippen LogP contribution in [0.25, 0.3) is 11.6 Å². The third-order valence-corrected chi connectivity index (χ3v) is 5.31. The van der Waals surface area contributed by atoms with Gasteiger partial charge in [0, 0.05) is 42.2 Å². The molecule has 0 bridgehead atoms. The Morgan fingerprint density at radius 1 is 1.27 bits per heavy atom. The van der Waals surface area contributed by atoms with Crippen LogP contribution in [-0.4, -0.2) is 49.1 Å². The lowest BCUT2D eigenvalue weighted by Crippen LogP contribution is -2.38. The number of amides is 3. The molecular formula is C23H27FN4O5. The van der Waals surface area contributed by atoms with E-state index in [0.717, 1.165) is 0 Å². The number of hydrogen-bond acceptors (Lipinski definition) is 5. The van der Waals surface area contributed by atoms with Gasteiger partial charge in [-0.1, -0.05) is 0 Å². The zero-order chi connectivity index (χ0) is 24.1. The maximum atomic E-state index is 13.7. The van der Waals surface area contributed by atoms with E-state index in [-0.39, 0.29) is 24.8 Å². The lowest BCUT2D eigenvalue weighted by atomic mass is 10.0. The number of fused-ring (bicyclic) bond motifs is 1. The molecule has 0 fully saturated rings. The molecule has 1 aliphatic heterocycles. The molecule has 1 aliphatic rings. The highest BCUT2D eigenvalue weighted by Gasteiger charge is 2.26. The summed E-state index contributed by atoms with van der Waals surface area (Å²) in [5.41, 5.74) is 5.82. The van der Waals surface area contributed by atoms with Crippen LogP contribution in [-0.2, 0) is 19.2 Å². The van der Waals surface area contributed by atoms with Crippen LogP contribution < -0.4 is 16.1 Å². The predicted octanol–water partition coefficient (Wildman–Crippen LogP) is 2.47. The molecular weight excluding hydrogens is 431 g/mol. The first kappa shape index (κ1) is 24.1. The first-order valence-corrected chi connectivity index (χ1v) is 10.5. The minimum atomic E-state index is -0.759. The van der Waals surface area contributed by atoms with Crippen molar-refractivity contribution in [3.05, 3.63) is 52.1 Å². The lowest BCUT2D eigenvalue weighted by Gasteiger charge is -2.16. The van der Waals surface area contributed by atoms with Crippen LogP contribution in [0.3, 0.4) is 0 Å². The Balaban J connectivity index is 1.75. The molecule has 0 radical (unpaired) electrons. The summed E-state index contributed by atoms with van der Waals surface area (Å²) >= 11 is 0. The lowest BCUT2D eigenvalue weighted by molar-refractivity contribution is -0.143. The van der Waals surface area contributed by atoms with Crippen LogP contribution in [0.4, 0.5) is 10.1 Å². The molecule has 9 nitrogen and oxygen atoms in total. The molecule has 176 valence electrons. The Labute approximate surface area is 190 Å². The average Bonchev–Trinajstić information content (AvgIpc) is 3.22. The normalized spacial score (nSPS) is 14.7. The number of carbonyl (C=O) groups is 3. The van der Waals surface area contributed by atoms with Crippen molar-refractivity contribution >= 4 is 35.1 Å². The van der Waals surface area contributed by atoms with Gasteiger partial charge in [0.05, 0.1) is 18.2 Å². The fraction of sp³-hybridized carbons (Fsp3) is 0.348. The van der Waals surface area contributed by atoms with Gasteiger partial charge in [0.2, 0.25) is 0 Å². The van der Waals surface area contributed by atoms with Gasteiger partial charge in [0.15, 0.2) is 0 Å². The standard InChI is InChI=1S/C23H27FN4O5/c1-5-33-19(22(30)28-32-4)8-9-25-23(31)20-12(2)18(26-13(20)3)11-16-15-10-14(24)6-7-17(15)27-21(16)29/h6-7,10-11,19,26H,5,8-9H2,1-4H3,(H,25,31)(H,27,29)(H,28,30)/b16-11-. The van der Waals surface area contributed by atoms with E-state index in [9.17, 15) is 18.8 Å². The van der Waals surface area contributed by atoms with Gasteiger partial charge in [-0.15, -0.1) is 0 Å². The molecule has 2 aromatic rings. The van der Waals surface area contributed by atoms with E-state index in [1.54, 1.807) is 26.8 Å². The van der Waals surface area contributed by atoms with E-state index in [0.29, 0.717) is 45.9 Å². The minimum absolute atomic E-state index is 0.205. The summed E-state index contributed by atoms with van der Waals surface area (Å²) in [5, 5.41) is 5.50. The predicted molar refractivity (Wildman–Crippen MR) is 121 cm³/mol. The monoisotopic (exact) mass is 458 g/mol. The highest BCUT2D eigenvalue weighted by atomic mass is 19.1. The molecule has 0 saturated heterocycles. The summed E-state index contributed by atoms with van der Waals surface area (Å²) in [7, 11) is 1.33. The number of aryl methyl sites for hydroxylation is 1. The van der Waals surface area contributed by atoms with Crippen molar-refractivity contribution in [2.75, 3.05) is 25.6 Å². The first-order chi connectivity index (χ1) is 15.8. The average molecular weight is 458 g/mol. The van der Waals surface area contributed by atoms with Crippen molar-refractivity contribution in [1.29, 1.82) is 0 Å². The second kappa shape index (κ2) is 10.4. The fourth-order valence-corrected chi connectivity index (χ4v) is 3.77. The van der Waals surface area contributed by atoms with Crippen molar-refractivity contribution < 1.29 is 28.3 Å². The molecule has 33 heavy (non-hydrogen) atoms. The minimum Gasteiger partial charge on any atom is -0.369 e. The van der Waals surface area contributed by atoms with Gasteiger partial charge in [-0.25, -0.2) is 9.87 Å². The van der Waals surface area contributed by atoms with Gasteiger partial charge in [0.25, 0.3) is 17.7 Å². The third-order valence-electron chi connectivity index (χ3n) is 5.31. The van der Waals surface area contributed by atoms with Crippen molar-refractivity contribution in [2.24, 2.45) is 0 Å². The maximum absolute atomic E-state index is 13.7. The number of hydrogen-bond donors (Lipinski definition) is 4. The molecule has 0 aliphatic carbocycles. The molecule has 0 saturated carbocycles. The van der Waals surface area contributed by atoms with E-state index in [1.165, 1.54) is 25.3 Å². The summed E-state index contributed by atoms with van der Waals surface area (Å²) in [6.07, 6.45) is 1.11. The first-order valence-electron chi connectivity index (χ1n) is 10.5. The van der Waals surface area contributed by atoms with E-state index in [1.807, 2.05) is 0 Å². The highest BCUT2D eigenvalue weighted by Crippen LogP contribution is 2.34. The van der Waals surface area contributed by atoms with Crippen LogP contribution in [0.5, 0.6) is 0 Å². The Morgan fingerprint density at radius 2 is 2.03 bits per heavy atom. The molecule has 10 heteroatoms. The number of H-pyrrole nitrogens is 1. The third kappa shape index (κ3) is 5.29. The molecule has 1 aromatic heterocycles. The quantitative estimate of drug-likeness (QED) is 0.340. The topological polar surface area (TPSA) is 122 Å². The van der Waals surface area contributed by atoms with Gasteiger partial charge in [-0.3, -0.25) is 19.2 Å². The van der Waals surface area contributed by atoms with Crippen molar-refractivity contribution in [3.63, 3.8) is 0 Å². The zero-order valence-electron chi connectivity index (χ0n) is 18.9. The Morgan fingerprint density at radius 3 is 2.73 bits per heavy atom. The summed E-state index contributed by atoms with van der Waals surface area (Å²) in [6, 6.07) is 4.09. The molecule has 3 amide bonds.